The van der Waals surface area contributed by atoms with Crippen molar-refractivity contribution in [1.29, 1.82) is 0 Å². The van der Waals surface area contributed by atoms with Crippen LogP contribution in [0.25, 0.3) is 0 Å². The van der Waals surface area contributed by atoms with E-state index in [0.717, 1.165) is 11.3 Å². The summed E-state index contributed by atoms with van der Waals surface area (Å²) in [6.45, 7) is 9.90. The van der Waals surface area contributed by atoms with E-state index in [1.165, 1.54) is 0 Å². The number of ether oxygens (including phenoxy) is 2. The van der Waals surface area contributed by atoms with E-state index in [1.54, 1.807) is 0 Å². The molecule has 0 unspecified atom stereocenters. The molecule has 5 nitrogen and oxygen atoms in total. The fourth-order valence-corrected chi connectivity index (χ4v) is 1.71. The summed E-state index contributed by atoms with van der Waals surface area (Å²) in [5.74, 6) is 0. The van der Waals surface area contributed by atoms with Gasteiger partial charge in [-0.05, 0) is 33.8 Å². The number of carbonyl (C=O) groups excluding carboxylic acids is 1. The molecule has 1 aromatic carbocycles. The van der Waals surface area contributed by atoms with Crippen molar-refractivity contribution in [2.24, 2.45) is 0 Å². The maximum atomic E-state index is 11.5. The third kappa shape index (κ3) is 7.56. The van der Waals surface area contributed by atoms with Crippen LogP contribution in [0.1, 0.15) is 33.3 Å². The molecule has 0 aromatic heterocycles. The number of benzene rings is 1. The number of alkyl carbamates (subject to hydrolysis) is 1. The van der Waals surface area contributed by atoms with Crippen LogP contribution in [0.15, 0.2) is 24.3 Å². The summed E-state index contributed by atoms with van der Waals surface area (Å²) < 4.78 is 10.6. The zero-order chi connectivity index (χ0) is 15.7. The standard InChI is InChI=1S/C16H26N2O3/c1-5-20-12-13-8-6-7-9-14(13)17-10-11-18-15(19)21-16(2,3)4/h6-9,17H,5,10-12H2,1-4H3,(H,18,19). The molecule has 0 heterocycles. The molecule has 0 atom stereocenters. The van der Waals surface area contributed by atoms with Crippen LogP contribution >= 0.6 is 0 Å². The lowest BCUT2D eigenvalue weighted by molar-refractivity contribution is 0.0530. The Morgan fingerprint density at radius 3 is 2.57 bits per heavy atom. The second kappa shape index (κ2) is 8.52. The maximum Gasteiger partial charge on any atom is 0.407 e. The average molecular weight is 294 g/mol. The fraction of sp³-hybridized carbons (Fsp3) is 0.562. The number of hydrogen-bond donors (Lipinski definition) is 2. The molecule has 1 amide bonds. The quantitative estimate of drug-likeness (QED) is 0.758. The number of para-hydroxylation sites is 1. The lowest BCUT2D eigenvalue weighted by atomic mass is 10.2. The minimum atomic E-state index is -0.471. The molecule has 0 saturated heterocycles. The summed E-state index contributed by atoms with van der Waals surface area (Å²) in [6.07, 6.45) is -0.396. The molecule has 0 saturated carbocycles. The Hall–Kier alpha value is -1.75. The van der Waals surface area contributed by atoms with Gasteiger partial charge in [0.15, 0.2) is 0 Å². The van der Waals surface area contributed by atoms with Crippen molar-refractivity contribution in [3.05, 3.63) is 29.8 Å². The molecule has 2 N–H and O–H groups in total. The summed E-state index contributed by atoms with van der Waals surface area (Å²) >= 11 is 0. The Labute approximate surface area is 127 Å². The van der Waals surface area contributed by atoms with Crippen LogP contribution in [-0.2, 0) is 16.1 Å². The molecule has 0 aliphatic rings. The van der Waals surface area contributed by atoms with Gasteiger partial charge in [0.25, 0.3) is 0 Å². The van der Waals surface area contributed by atoms with Crippen LogP contribution in [-0.4, -0.2) is 31.4 Å². The first-order chi connectivity index (χ1) is 9.92. The van der Waals surface area contributed by atoms with E-state index >= 15 is 0 Å². The van der Waals surface area contributed by atoms with Gasteiger partial charge in [0.2, 0.25) is 0 Å². The highest BCUT2D eigenvalue weighted by Crippen LogP contribution is 2.15. The van der Waals surface area contributed by atoms with Gasteiger partial charge in [-0.25, -0.2) is 4.79 Å². The van der Waals surface area contributed by atoms with Gasteiger partial charge in [0.05, 0.1) is 6.61 Å². The molecular weight excluding hydrogens is 268 g/mol. The van der Waals surface area contributed by atoms with Crippen molar-refractivity contribution in [2.45, 2.75) is 39.9 Å². The summed E-state index contributed by atoms with van der Waals surface area (Å²) in [6, 6.07) is 7.98. The highest BCUT2D eigenvalue weighted by Gasteiger charge is 2.15. The van der Waals surface area contributed by atoms with Crippen molar-refractivity contribution in [3.8, 4) is 0 Å². The monoisotopic (exact) mass is 294 g/mol. The largest absolute Gasteiger partial charge is 0.444 e. The van der Waals surface area contributed by atoms with Crippen LogP contribution in [0.2, 0.25) is 0 Å². The van der Waals surface area contributed by atoms with Crippen molar-refractivity contribution in [3.63, 3.8) is 0 Å². The molecule has 0 aliphatic carbocycles. The number of amides is 1. The van der Waals surface area contributed by atoms with Gasteiger partial charge in [0, 0.05) is 30.9 Å². The van der Waals surface area contributed by atoms with Gasteiger partial charge in [-0.15, -0.1) is 0 Å². The second-order valence-electron chi connectivity index (χ2n) is 5.65. The van der Waals surface area contributed by atoms with E-state index in [9.17, 15) is 4.79 Å². The predicted molar refractivity (Wildman–Crippen MR) is 84.5 cm³/mol. The summed E-state index contributed by atoms with van der Waals surface area (Å²) in [7, 11) is 0. The molecule has 0 aliphatic heterocycles. The Morgan fingerprint density at radius 2 is 1.90 bits per heavy atom. The second-order valence-corrected chi connectivity index (χ2v) is 5.65. The minimum Gasteiger partial charge on any atom is -0.444 e. The molecule has 1 rings (SSSR count). The summed E-state index contributed by atoms with van der Waals surface area (Å²) in [5.41, 5.74) is 1.66. The Balaban J connectivity index is 2.34. The van der Waals surface area contributed by atoms with Crippen LogP contribution < -0.4 is 10.6 Å². The Morgan fingerprint density at radius 1 is 1.19 bits per heavy atom. The van der Waals surface area contributed by atoms with Gasteiger partial charge in [-0.2, -0.15) is 0 Å². The number of carbonyl (C=O) groups is 1. The lowest BCUT2D eigenvalue weighted by Gasteiger charge is -2.20. The first-order valence-electron chi connectivity index (χ1n) is 7.28. The predicted octanol–water partition coefficient (Wildman–Crippen LogP) is 3.16. The first kappa shape index (κ1) is 17.3. The smallest absolute Gasteiger partial charge is 0.407 e. The molecule has 21 heavy (non-hydrogen) atoms. The van der Waals surface area contributed by atoms with Gasteiger partial charge in [-0.3, -0.25) is 0 Å². The zero-order valence-electron chi connectivity index (χ0n) is 13.4. The van der Waals surface area contributed by atoms with Gasteiger partial charge in [-0.1, -0.05) is 18.2 Å². The van der Waals surface area contributed by atoms with Crippen molar-refractivity contribution in [2.75, 3.05) is 25.0 Å². The highest BCUT2D eigenvalue weighted by molar-refractivity contribution is 5.67. The molecule has 0 fully saturated rings. The van der Waals surface area contributed by atoms with Crippen LogP contribution in [0, 0.1) is 0 Å². The first-order valence-corrected chi connectivity index (χ1v) is 7.28. The third-order valence-corrected chi connectivity index (χ3v) is 2.59. The van der Waals surface area contributed by atoms with E-state index in [2.05, 4.69) is 10.6 Å². The van der Waals surface area contributed by atoms with E-state index < -0.39 is 11.7 Å². The SMILES string of the molecule is CCOCc1ccccc1NCCNC(=O)OC(C)(C)C. The van der Waals surface area contributed by atoms with E-state index in [4.69, 9.17) is 9.47 Å². The fourth-order valence-electron chi connectivity index (χ4n) is 1.71. The van der Waals surface area contributed by atoms with Gasteiger partial charge in [0.1, 0.15) is 5.60 Å². The Bertz CT molecular complexity index is 441. The Kier molecular flexibility index (Phi) is 7.02. The molecule has 0 spiro atoms. The number of anilines is 1. The van der Waals surface area contributed by atoms with Gasteiger partial charge >= 0.3 is 6.09 Å². The highest BCUT2D eigenvalue weighted by atomic mass is 16.6. The van der Waals surface area contributed by atoms with Crippen LogP contribution in [0.5, 0.6) is 0 Å². The molecule has 1 aromatic rings. The maximum absolute atomic E-state index is 11.5. The number of rotatable bonds is 7. The van der Waals surface area contributed by atoms with Crippen molar-refractivity contribution >= 4 is 11.8 Å². The number of nitrogens with one attached hydrogen (secondary N) is 2. The van der Waals surface area contributed by atoms with Crippen LogP contribution in [0.3, 0.4) is 0 Å². The topological polar surface area (TPSA) is 59.6 Å². The summed E-state index contributed by atoms with van der Waals surface area (Å²) in [5, 5.41) is 6.01. The van der Waals surface area contributed by atoms with E-state index in [-0.39, 0.29) is 0 Å². The molecule has 0 bridgehead atoms. The van der Waals surface area contributed by atoms with Crippen molar-refractivity contribution in [1.82, 2.24) is 5.32 Å². The zero-order valence-corrected chi connectivity index (χ0v) is 13.4. The average Bonchev–Trinajstić information content (AvgIpc) is 2.40. The van der Waals surface area contributed by atoms with E-state index in [0.29, 0.717) is 26.3 Å². The molecule has 118 valence electrons. The van der Waals surface area contributed by atoms with Crippen LogP contribution in [0.4, 0.5) is 10.5 Å². The van der Waals surface area contributed by atoms with Gasteiger partial charge < -0.3 is 20.1 Å². The van der Waals surface area contributed by atoms with E-state index in [1.807, 2.05) is 52.0 Å². The molecule has 5 heteroatoms. The lowest BCUT2D eigenvalue weighted by Crippen LogP contribution is -2.35. The minimum absolute atomic E-state index is 0.396. The number of hydrogen-bond acceptors (Lipinski definition) is 4. The summed E-state index contributed by atoms with van der Waals surface area (Å²) in [4.78, 5) is 11.5. The molecule has 0 radical (unpaired) electrons. The normalized spacial score (nSPS) is 11.0. The third-order valence-electron chi connectivity index (χ3n) is 2.59. The van der Waals surface area contributed by atoms with Crippen molar-refractivity contribution < 1.29 is 14.3 Å². The molecular formula is C16H26N2O3.